The Hall–Kier alpha value is -1.94. The Morgan fingerprint density at radius 1 is 0.283 bits per heavy atom. The number of ether oxygens (including phenoxy) is 4. The van der Waals surface area contributed by atoms with Crippen LogP contribution in [0.25, 0.3) is 0 Å². The number of phosphoric ester groups is 2. The molecule has 99 heavy (non-hydrogen) atoms. The van der Waals surface area contributed by atoms with Crippen molar-refractivity contribution >= 4 is 39.5 Å². The summed E-state index contributed by atoms with van der Waals surface area (Å²) in [6.07, 6.45) is 55.6. The predicted octanol–water partition coefficient (Wildman–Crippen LogP) is 23.6. The van der Waals surface area contributed by atoms with E-state index in [2.05, 4.69) is 55.4 Å². The summed E-state index contributed by atoms with van der Waals surface area (Å²) in [5.41, 5.74) is 0. The number of hydrogen-bond donors (Lipinski definition) is 3. The highest BCUT2D eigenvalue weighted by Gasteiger charge is 2.30. The Balaban J connectivity index is 5.21. The Morgan fingerprint density at radius 3 is 0.717 bits per heavy atom. The largest absolute Gasteiger partial charge is 0.472 e. The van der Waals surface area contributed by atoms with Gasteiger partial charge in [-0.2, -0.15) is 0 Å². The second-order valence-corrected chi connectivity index (χ2v) is 33.4. The minimum Gasteiger partial charge on any atom is -0.462 e. The van der Waals surface area contributed by atoms with Crippen LogP contribution < -0.4 is 0 Å². The van der Waals surface area contributed by atoms with Crippen LogP contribution in [0.1, 0.15) is 409 Å². The molecular formula is C80H156O17P2. The SMILES string of the molecule is CCC(C)CCCCCCCCCCCCCCCCC(=O)O[C@H](COC(=O)CCCCCCCCC(C)C)COP(=O)(O)OC[C@H](O)COP(=O)(O)OC[C@@H](COC(=O)CCCCCCCCCCCCCCCCCC(C)C)OC(=O)CCCCCCCCCCCCCC(C)C. The number of rotatable bonds is 77. The van der Waals surface area contributed by atoms with Gasteiger partial charge in [0.25, 0.3) is 0 Å². The smallest absolute Gasteiger partial charge is 0.462 e. The fourth-order valence-corrected chi connectivity index (χ4v) is 13.8. The highest BCUT2D eigenvalue weighted by molar-refractivity contribution is 7.47. The molecule has 0 aromatic rings. The summed E-state index contributed by atoms with van der Waals surface area (Å²) in [5.74, 6) is 0.980. The standard InChI is InChI=1S/C80H156O17P2/c1-9-73(8)59-51-43-34-28-22-16-13-14-18-24-30-36-46-54-62-79(84)97-76(67-91-78(83)61-53-45-39-38-42-50-58-72(6)7)69-95-99(88,89)93-65-74(81)64-92-98(86,87)94-68-75(96-80(85)63-55-47-37-31-25-19-21-27-33-41-49-57-71(4)5)66-90-77(82)60-52-44-35-29-23-17-12-10-11-15-20-26-32-40-48-56-70(2)3/h70-76,81H,9-69H2,1-8H3,(H,86,87)(H,88,89)/t73?,74-,75-,76-/m1/s1. The van der Waals surface area contributed by atoms with E-state index in [1.54, 1.807) is 0 Å². The fourth-order valence-electron chi connectivity index (χ4n) is 12.2. The van der Waals surface area contributed by atoms with Crippen LogP contribution in [0, 0.1) is 23.7 Å². The van der Waals surface area contributed by atoms with Crippen LogP contribution in [0.15, 0.2) is 0 Å². The van der Waals surface area contributed by atoms with E-state index in [0.717, 1.165) is 114 Å². The third-order valence-corrected chi connectivity index (χ3v) is 20.8. The number of aliphatic hydroxyl groups is 1. The van der Waals surface area contributed by atoms with Crippen molar-refractivity contribution in [2.45, 2.75) is 427 Å². The molecule has 17 nitrogen and oxygen atoms in total. The zero-order chi connectivity index (χ0) is 73.1. The highest BCUT2D eigenvalue weighted by atomic mass is 31.2. The Kier molecular flexibility index (Phi) is 67.8. The number of esters is 4. The van der Waals surface area contributed by atoms with Gasteiger partial charge in [0, 0.05) is 25.7 Å². The minimum absolute atomic E-state index is 0.106. The number of carbonyl (C=O) groups excluding carboxylic acids is 4. The molecule has 0 aliphatic carbocycles. The van der Waals surface area contributed by atoms with Crippen LogP contribution in [0.2, 0.25) is 0 Å². The predicted molar refractivity (Wildman–Crippen MR) is 404 cm³/mol. The van der Waals surface area contributed by atoms with Crippen molar-refractivity contribution in [2.75, 3.05) is 39.6 Å². The zero-order valence-corrected chi connectivity index (χ0v) is 66.9. The quantitative estimate of drug-likeness (QED) is 0.0222. The summed E-state index contributed by atoms with van der Waals surface area (Å²) in [7, 11) is -9.92. The van der Waals surface area contributed by atoms with E-state index in [-0.39, 0.29) is 25.7 Å². The van der Waals surface area contributed by atoms with Crippen LogP contribution in [0.5, 0.6) is 0 Å². The van der Waals surface area contributed by atoms with Crippen molar-refractivity contribution in [1.82, 2.24) is 0 Å². The molecule has 0 radical (unpaired) electrons. The lowest BCUT2D eigenvalue weighted by Gasteiger charge is -2.21. The van der Waals surface area contributed by atoms with Gasteiger partial charge in [0.05, 0.1) is 26.4 Å². The second-order valence-electron chi connectivity index (χ2n) is 30.5. The molecule has 0 fully saturated rings. The van der Waals surface area contributed by atoms with E-state index in [0.29, 0.717) is 31.6 Å². The molecule has 0 rings (SSSR count). The van der Waals surface area contributed by atoms with Gasteiger partial charge in [-0.3, -0.25) is 37.3 Å². The normalized spacial score (nSPS) is 14.3. The summed E-state index contributed by atoms with van der Waals surface area (Å²) in [6.45, 7) is 14.2. The zero-order valence-electron chi connectivity index (χ0n) is 65.1. The Bertz CT molecular complexity index is 1940. The van der Waals surface area contributed by atoms with E-state index in [1.807, 2.05) is 0 Å². The summed E-state index contributed by atoms with van der Waals surface area (Å²) in [5, 5.41) is 10.6. The fraction of sp³-hybridized carbons (Fsp3) is 0.950. The number of aliphatic hydroxyl groups excluding tert-OH is 1. The molecule has 3 N–H and O–H groups in total. The van der Waals surface area contributed by atoms with E-state index in [9.17, 15) is 43.2 Å². The van der Waals surface area contributed by atoms with E-state index < -0.39 is 97.5 Å². The van der Waals surface area contributed by atoms with Gasteiger partial charge in [0.1, 0.15) is 19.3 Å². The van der Waals surface area contributed by atoms with Gasteiger partial charge in [-0.1, -0.05) is 357 Å². The first-order valence-corrected chi connectivity index (χ1v) is 44.2. The van der Waals surface area contributed by atoms with Gasteiger partial charge in [0.15, 0.2) is 12.2 Å². The van der Waals surface area contributed by atoms with Gasteiger partial charge in [-0.15, -0.1) is 0 Å². The molecule has 0 saturated heterocycles. The minimum atomic E-state index is -4.96. The van der Waals surface area contributed by atoms with Crippen LogP contribution in [0.4, 0.5) is 0 Å². The average Bonchev–Trinajstić information content (AvgIpc) is 0.990. The first-order chi connectivity index (χ1) is 47.6. The summed E-state index contributed by atoms with van der Waals surface area (Å²) >= 11 is 0. The number of carbonyl (C=O) groups is 4. The number of hydrogen-bond acceptors (Lipinski definition) is 15. The number of phosphoric acid groups is 2. The Labute approximate surface area is 607 Å². The van der Waals surface area contributed by atoms with Crippen molar-refractivity contribution < 1.29 is 80.2 Å². The third kappa shape index (κ3) is 72.8. The molecule has 6 atom stereocenters. The molecule has 588 valence electrons. The van der Waals surface area contributed by atoms with Crippen LogP contribution in [0.3, 0.4) is 0 Å². The van der Waals surface area contributed by atoms with Crippen molar-refractivity contribution in [1.29, 1.82) is 0 Å². The van der Waals surface area contributed by atoms with Gasteiger partial charge in [-0.25, -0.2) is 9.13 Å². The maximum Gasteiger partial charge on any atom is 0.472 e. The van der Waals surface area contributed by atoms with Gasteiger partial charge in [-0.05, 0) is 49.4 Å². The van der Waals surface area contributed by atoms with Crippen molar-refractivity contribution in [3.63, 3.8) is 0 Å². The molecule has 0 amide bonds. The molecule has 0 heterocycles. The molecule has 0 aliphatic rings. The van der Waals surface area contributed by atoms with Gasteiger partial charge >= 0.3 is 39.5 Å². The molecule has 3 unspecified atom stereocenters. The third-order valence-electron chi connectivity index (χ3n) is 18.9. The molecule has 19 heteroatoms. The molecule has 0 aromatic carbocycles. The van der Waals surface area contributed by atoms with Crippen LogP contribution >= 0.6 is 15.6 Å². The van der Waals surface area contributed by atoms with E-state index in [4.69, 9.17) is 37.0 Å². The monoisotopic (exact) mass is 1450 g/mol. The first kappa shape index (κ1) is 97.1. The highest BCUT2D eigenvalue weighted by Crippen LogP contribution is 2.45. The van der Waals surface area contributed by atoms with Crippen molar-refractivity contribution in [3.8, 4) is 0 Å². The van der Waals surface area contributed by atoms with Gasteiger partial charge < -0.3 is 33.8 Å². The molecule has 0 aromatic heterocycles. The average molecular weight is 1450 g/mol. The topological polar surface area (TPSA) is 237 Å². The van der Waals surface area contributed by atoms with Gasteiger partial charge in [0.2, 0.25) is 0 Å². The maximum absolute atomic E-state index is 13.1. The molecular weight excluding hydrogens is 1290 g/mol. The van der Waals surface area contributed by atoms with E-state index in [1.165, 1.54) is 205 Å². The van der Waals surface area contributed by atoms with Crippen molar-refractivity contribution in [3.05, 3.63) is 0 Å². The lowest BCUT2D eigenvalue weighted by Crippen LogP contribution is -2.30. The summed E-state index contributed by atoms with van der Waals surface area (Å²) in [6, 6.07) is 0. The molecule has 0 bridgehead atoms. The van der Waals surface area contributed by atoms with Crippen molar-refractivity contribution in [2.24, 2.45) is 23.7 Å². The molecule has 0 aliphatic heterocycles. The van der Waals surface area contributed by atoms with E-state index >= 15 is 0 Å². The maximum atomic E-state index is 13.1. The summed E-state index contributed by atoms with van der Waals surface area (Å²) < 4.78 is 68.6. The second kappa shape index (κ2) is 69.1. The number of unbranched alkanes of at least 4 members (excludes halogenated alkanes) is 42. The Morgan fingerprint density at radius 2 is 0.485 bits per heavy atom. The first-order valence-electron chi connectivity index (χ1n) is 41.2. The van der Waals surface area contributed by atoms with Crippen LogP contribution in [-0.4, -0.2) is 96.7 Å². The molecule has 0 spiro atoms. The summed E-state index contributed by atoms with van der Waals surface area (Å²) in [4.78, 5) is 72.9. The lowest BCUT2D eigenvalue weighted by molar-refractivity contribution is -0.161. The lowest BCUT2D eigenvalue weighted by atomic mass is 9.99. The van der Waals surface area contributed by atoms with Crippen LogP contribution in [-0.2, 0) is 65.4 Å². The molecule has 0 saturated carbocycles.